The minimum atomic E-state index is 0.375. The van der Waals surface area contributed by atoms with Gasteiger partial charge in [-0.2, -0.15) is 0 Å². The van der Waals surface area contributed by atoms with E-state index in [4.69, 9.17) is 10.5 Å². The predicted octanol–water partition coefficient (Wildman–Crippen LogP) is 2.32. The topological polar surface area (TPSA) is 35.2 Å². The number of nitrogens with two attached hydrogens (primary N) is 1. The smallest absolute Gasteiger partial charge is 0.0466 e. The molecule has 0 fully saturated rings. The van der Waals surface area contributed by atoms with Crippen LogP contribution in [0.15, 0.2) is 0 Å². The number of rotatable bonds is 8. The van der Waals surface area contributed by atoms with E-state index in [9.17, 15) is 0 Å². The Kier molecular flexibility index (Phi) is 8.95. The molecular formula is C10H23NO. The van der Waals surface area contributed by atoms with Crippen molar-refractivity contribution in [1.82, 2.24) is 0 Å². The van der Waals surface area contributed by atoms with E-state index in [1.165, 1.54) is 12.8 Å². The van der Waals surface area contributed by atoms with E-state index in [1.807, 2.05) is 0 Å². The van der Waals surface area contributed by atoms with Crippen molar-refractivity contribution in [3.63, 3.8) is 0 Å². The molecule has 0 radical (unpaired) electrons. The van der Waals surface area contributed by atoms with Crippen molar-refractivity contribution in [2.45, 2.75) is 52.0 Å². The fourth-order valence-electron chi connectivity index (χ4n) is 1.00. The van der Waals surface area contributed by atoms with Crippen LogP contribution in [0.1, 0.15) is 46.0 Å². The van der Waals surface area contributed by atoms with Gasteiger partial charge in [-0.15, -0.1) is 0 Å². The fraction of sp³-hybridized carbons (Fsp3) is 1.00. The summed E-state index contributed by atoms with van der Waals surface area (Å²) < 4.78 is 5.41. The lowest BCUT2D eigenvalue weighted by atomic mass is 10.1. The molecule has 0 heterocycles. The third-order valence-electron chi connectivity index (χ3n) is 2.03. The van der Waals surface area contributed by atoms with Crippen molar-refractivity contribution in [3.05, 3.63) is 0 Å². The Morgan fingerprint density at radius 2 is 1.83 bits per heavy atom. The molecule has 0 aromatic carbocycles. The van der Waals surface area contributed by atoms with Crippen LogP contribution in [0.25, 0.3) is 0 Å². The maximum atomic E-state index is 5.76. The van der Waals surface area contributed by atoms with Crippen molar-refractivity contribution in [2.24, 2.45) is 5.73 Å². The molecule has 12 heavy (non-hydrogen) atoms. The predicted molar refractivity (Wildman–Crippen MR) is 53.2 cm³/mol. The van der Waals surface area contributed by atoms with Crippen molar-refractivity contribution in [3.8, 4) is 0 Å². The second-order valence-electron chi connectivity index (χ2n) is 3.28. The molecule has 0 aromatic rings. The van der Waals surface area contributed by atoms with Crippen molar-refractivity contribution < 1.29 is 4.74 Å². The lowest BCUT2D eigenvalue weighted by Gasteiger charge is -2.08. The quantitative estimate of drug-likeness (QED) is 0.572. The van der Waals surface area contributed by atoms with E-state index in [0.717, 1.165) is 32.5 Å². The molecule has 74 valence electrons. The van der Waals surface area contributed by atoms with Gasteiger partial charge in [0.15, 0.2) is 0 Å². The average molecular weight is 173 g/mol. The minimum absolute atomic E-state index is 0.375. The monoisotopic (exact) mass is 173 g/mol. The molecule has 0 amide bonds. The second-order valence-corrected chi connectivity index (χ2v) is 3.28. The second kappa shape index (κ2) is 9.01. The molecular weight excluding hydrogens is 150 g/mol. The Hall–Kier alpha value is -0.0800. The summed E-state index contributed by atoms with van der Waals surface area (Å²) >= 11 is 0. The molecule has 0 aliphatic rings. The minimum Gasteiger partial charge on any atom is -0.381 e. The number of hydrogen-bond acceptors (Lipinski definition) is 2. The first-order valence-electron chi connectivity index (χ1n) is 5.14. The molecule has 2 N–H and O–H groups in total. The van der Waals surface area contributed by atoms with Crippen LogP contribution in [0.2, 0.25) is 0 Å². The molecule has 2 nitrogen and oxygen atoms in total. The number of hydrogen-bond donors (Lipinski definition) is 1. The molecule has 0 aliphatic carbocycles. The van der Waals surface area contributed by atoms with Gasteiger partial charge in [0.2, 0.25) is 0 Å². The van der Waals surface area contributed by atoms with Crippen LogP contribution in [-0.4, -0.2) is 19.3 Å². The maximum Gasteiger partial charge on any atom is 0.0466 e. The van der Waals surface area contributed by atoms with E-state index < -0.39 is 0 Å². The summed E-state index contributed by atoms with van der Waals surface area (Å²) in [5, 5.41) is 0. The summed E-state index contributed by atoms with van der Waals surface area (Å²) in [7, 11) is 0. The highest BCUT2D eigenvalue weighted by Gasteiger charge is 1.97. The Labute approximate surface area is 76.5 Å². The van der Waals surface area contributed by atoms with Crippen LogP contribution in [0.4, 0.5) is 0 Å². The van der Waals surface area contributed by atoms with Gasteiger partial charge in [-0.05, 0) is 25.7 Å². The van der Waals surface area contributed by atoms with Crippen molar-refractivity contribution >= 4 is 0 Å². The summed E-state index contributed by atoms with van der Waals surface area (Å²) in [6.07, 6.45) is 5.69. The van der Waals surface area contributed by atoms with Crippen LogP contribution < -0.4 is 5.73 Å². The van der Waals surface area contributed by atoms with Crippen LogP contribution in [-0.2, 0) is 4.74 Å². The van der Waals surface area contributed by atoms with E-state index in [0.29, 0.717) is 6.04 Å². The Balaban J connectivity index is 2.90. The third-order valence-corrected chi connectivity index (χ3v) is 2.03. The Morgan fingerprint density at radius 3 is 2.42 bits per heavy atom. The highest BCUT2D eigenvalue weighted by molar-refractivity contribution is 4.57. The third kappa shape index (κ3) is 8.02. The van der Waals surface area contributed by atoms with Gasteiger partial charge in [-0.25, -0.2) is 0 Å². The standard InChI is InChI=1S/C10H23NO/c1-3-5-8-12-9-6-7-10(11)4-2/h10H,3-9,11H2,1-2H3. The normalized spacial score (nSPS) is 13.2. The molecule has 1 unspecified atom stereocenters. The Morgan fingerprint density at radius 1 is 1.17 bits per heavy atom. The molecule has 0 aliphatic heterocycles. The zero-order valence-corrected chi connectivity index (χ0v) is 8.51. The van der Waals surface area contributed by atoms with E-state index in [-0.39, 0.29) is 0 Å². The van der Waals surface area contributed by atoms with Gasteiger partial charge in [-0.3, -0.25) is 0 Å². The summed E-state index contributed by atoms with van der Waals surface area (Å²) in [4.78, 5) is 0. The van der Waals surface area contributed by atoms with Gasteiger partial charge < -0.3 is 10.5 Å². The molecule has 0 aromatic heterocycles. The van der Waals surface area contributed by atoms with Gasteiger partial charge in [0.25, 0.3) is 0 Å². The Bertz CT molecular complexity index is 85.9. The van der Waals surface area contributed by atoms with Crippen LogP contribution in [0.3, 0.4) is 0 Å². The summed E-state index contributed by atoms with van der Waals surface area (Å²) in [6, 6.07) is 0.375. The van der Waals surface area contributed by atoms with Crippen molar-refractivity contribution in [1.29, 1.82) is 0 Å². The van der Waals surface area contributed by atoms with Gasteiger partial charge in [-0.1, -0.05) is 20.3 Å². The number of ether oxygens (including phenoxy) is 1. The zero-order valence-electron chi connectivity index (χ0n) is 8.51. The largest absolute Gasteiger partial charge is 0.381 e. The first-order chi connectivity index (χ1) is 5.81. The molecule has 0 saturated carbocycles. The fourth-order valence-corrected chi connectivity index (χ4v) is 1.00. The van der Waals surface area contributed by atoms with Crippen LogP contribution in [0, 0.1) is 0 Å². The van der Waals surface area contributed by atoms with Gasteiger partial charge >= 0.3 is 0 Å². The van der Waals surface area contributed by atoms with Gasteiger partial charge in [0, 0.05) is 19.3 Å². The number of unbranched alkanes of at least 4 members (excludes halogenated alkanes) is 1. The molecule has 0 spiro atoms. The van der Waals surface area contributed by atoms with Crippen LogP contribution in [0.5, 0.6) is 0 Å². The summed E-state index contributed by atoms with van der Waals surface area (Å²) in [5.74, 6) is 0. The van der Waals surface area contributed by atoms with Crippen molar-refractivity contribution in [2.75, 3.05) is 13.2 Å². The lowest BCUT2D eigenvalue weighted by Crippen LogP contribution is -2.18. The summed E-state index contributed by atoms with van der Waals surface area (Å²) in [6.45, 7) is 6.10. The molecule has 0 saturated heterocycles. The molecule has 1 atom stereocenters. The maximum absolute atomic E-state index is 5.76. The highest BCUT2D eigenvalue weighted by Crippen LogP contribution is 1.99. The SMILES string of the molecule is CCCCOCCCC(N)CC. The molecule has 2 heteroatoms. The highest BCUT2D eigenvalue weighted by atomic mass is 16.5. The van der Waals surface area contributed by atoms with E-state index in [2.05, 4.69) is 13.8 Å². The molecule has 0 rings (SSSR count). The van der Waals surface area contributed by atoms with E-state index >= 15 is 0 Å². The average Bonchev–Trinajstić information content (AvgIpc) is 2.10. The lowest BCUT2D eigenvalue weighted by molar-refractivity contribution is 0.126. The van der Waals surface area contributed by atoms with Gasteiger partial charge in [0.05, 0.1) is 0 Å². The summed E-state index contributed by atoms with van der Waals surface area (Å²) in [5.41, 5.74) is 5.76. The zero-order chi connectivity index (χ0) is 9.23. The van der Waals surface area contributed by atoms with Gasteiger partial charge in [0.1, 0.15) is 0 Å². The first kappa shape index (κ1) is 11.9. The van der Waals surface area contributed by atoms with Crippen LogP contribution >= 0.6 is 0 Å². The molecule has 0 bridgehead atoms. The first-order valence-corrected chi connectivity index (χ1v) is 5.14. The van der Waals surface area contributed by atoms with E-state index in [1.54, 1.807) is 0 Å².